The minimum absolute atomic E-state index is 0.0980. The lowest BCUT2D eigenvalue weighted by molar-refractivity contribution is -0.192. The van der Waals surface area contributed by atoms with Crippen molar-refractivity contribution in [2.45, 2.75) is 25.2 Å². The van der Waals surface area contributed by atoms with Gasteiger partial charge in [-0.25, -0.2) is 4.79 Å². The quantitative estimate of drug-likeness (QED) is 0.350. The summed E-state index contributed by atoms with van der Waals surface area (Å²) in [4.78, 5) is 24.0. The lowest BCUT2D eigenvalue weighted by Gasteiger charge is -2.26. The van der Waals surface area contributed by atoms with Crippen LogP contribution in [0.3, 0.4) is 0 Å². The minimum Gasteiger partial charge on any atom is -0.490 e. The van der Waals surface area contributed by atoms with Gasteiger partial charge in [-0.1, -0.05) is 23.7 Å². The van der Waals surface area contributed by atoms with Crippen molar-refractivity contribution in [3.8, 4) is 16.9 Å². The molecule has 1 aliphatic rings. The van der Waals surface area contributed by atoms with E-state index >= 15 is 0 Å². The van der Waals surface area contributed by atoms with Crippen LogP contribution < -0.4 is 15.4 Å². The molecule has 0 saturated carbocycles. The van der Waals surface area contributed by atoms with Gasteiger partial charge in [0.25, 0.3) is 0 Å². The molecule has 0 bridgehead atoms. The standard InChI is InChI=1S/C23H26ClN5O2.C2HF3O2/c1-29(2)7-8-31-22-11-15(18-13-26-27-14-18)4-6-20(22)28-23(30)21-10-17-9-19(24)5-3-16(17)12-25-21;3-2(4,5)1(6)7/h3-6,9,11,13-14,21,25H,7-8,10,12H2,1-2H3,(H,26,27)(H,28,30);(H,6,7)/t21-;/m0./s1. The predicted molar refractivity (Wildman–Crippen MR) is 136 cm³/mol. The first kappa shape index (κ1) is 29.0. The Morgan fingerprint density at radius 1 is 1.18 bits per heavy atom. The van der Waals surface area contributed by atoms with Crippen molar-refractivity contribution >= 4 is 29.2 Å². The summed E-state index contributed by atoms with van der Waals surface area (Å²) in [6.07, 6.45) is -0.914. The molecular weight excluding hydrogens is 527 g/mol. The number of carboxylic acid groups (broad SMARTS) is 1. The number of ether oxygens (including phenoxy) is 1. The van der Waals surface area contributed by atoms with E-state index in [0.29, 0.717) is 36.0 Å². The van der Waals surface area contributed by atoms with Crippen molar-refractivity contribution in [1.82, 2.24) is 20.4 Å². The topological polar surface area (TPSA) is 120 Å². The fraction of sp³-hybridized carbons (Fsp3) is 0.320. The van der Waals surface area contributed by atoms with Crippen molar-refractivity contribution in [3.63, 3.8) is 0 Å². The van der Waals surface area contributed by atoms with Crippen LogP contribution in [0.2, 0.25) is 5.02 Å². The Balaban J connectivity index is 0.000000505. The number of nitrogens with one attached hydrogen (secondary N) is 3. The van der Waals surface area contributed by atoms with Gasteiger partial charge in [-0.05, 0) is 61.5 Å². The number of amides is 1. The van der Waals surface area contributed by atoms with Crippen LogP contribution in [-0.2, 0) is 22.6 Å². The zero-order valence-electron chi connectivity index (χ0n) is 20.6. The van der Waals surface area contributed by atoms with Gasteiger partial charge in [0.05, 0.1) is 17.9 Å². The van der Waals surface area contributed by atoms with E-state index in [1.807, 2.05) is 61.6 Å². The van der Waals surface area contributed by atoms with E-state index in [9.17, 15) is 18.0 Å². The number of rotatable bonds is 7. The van der Waals surface area contributed by atoms with E-state index in [1.165, 1.54) is 5.56 Å². The average Bonchev–Trinajstić information content (AvgIpc) is 3.39. The van der Waals surface area contributed by atoms with Gasteiger partial charge in [-0.15, -0.1) is 0 Å². The molecule has 2 aromatic carbocycles. The number of nitrogens with zero attached hydrogens (tertiary/aromatic N) is 2. The molecule has 0 spiro atoms. The van der Waals surface area contributed by atoms with Gasteiger partial charge in [0.15, 0.2) is 0 Å². The summed E-state index contributed by atoms with van der Waals surface area (Å²) in [7, 11) is 3.99. The molecule has 1 aliphatic heterocycles. The average molecular weight is 554 g/mol. The third kappa shape index (κ3) is 8.20. The summed E-state index contributed by atoms with van der Waals surface area (Å²) in [6, 6.07) is 11.2. The second-order valence-corrected chi connectivity index (χ2v) is 9.13. The Morgan fingerprint density at radius 3 is 2.55 bits per heavy atom. The molecule has 9 nitrogen and oxygen atoms in total. The number of carbonyl (C=O) groups excluding carboxylic acids is 1. The molecule has 0 radical (unpaired) electrons. The Bertz CT molecular complexity index is 1250. The van der Waals surface area contributed by atoms with Crippen molar-refractivity contribution in [2.75, 3.05) is 32.6 Å². The summed E-state index contributed by atoms with van der Waals surface area (Å²) in [6.45, 7) is 1.92. The molecule has 0 fully saturated rings. The van der Waals surface area contributed by atoms with E-state index in [0.717, 1.165) is 23.2 Å². The molecule has 204 valence electrons. The Hall–Kier alpha value is -3.61. The number of aromatic nitrogens is 2. The fourth-order valence-corrected chi connectivity index (χ4v) is 3.75. The van der Waals surface area contributed by atoms with Crippen molar-refractivity contribution in [2.24, 2.45) is 0 Å². The molecule has 3 aromatic rings. The minimum atomic E-state index is -5.08. The molecule has 4 rings (SSSR count). The van der Waals surface area contributed by atoms with Crippen molar-refractivity contribution in [1.29, 1.82) is 0 Å². The molecular formula is C25H27ClF3N5O4. The monoisotopic (exact) mass is 553 g/mol. The summed E-state index contributed by atoms with van der Waals surface area (Å²) in [5.74, 6) is -2.22. The molecule has 13 heteroatoms. The summed E-state index contributed by atoms with van der Waals surface area (Å²) >= 11 is 6.13. The molecule has 4 N–H and O–H groups in total. The lowest BCUT2D eigenvalue weighted by Crippen LogP contribution is -2.44. The zero-order chi connectivity index (χ0) is 27.9. The third-order valence-electron chi connectivity index (χ3n) is 5.56. The second-order valence-electron chi connectivity index (χ2n) is 8.69. The maximum atomic E-state index is 13.0. The van der Waals surface area contributed by atoms with Crippen LogP contribution in [0, 0.1) is 0 Å². The van der Waals surface area contributed by atoms with Gasteiger partial charge in [0, 0.05) is 29.9 Å². The van der Waals surface area contributed by atoms with Gasteiger partial charge in [-0.3, -0.25) is 9.89 Å². The van der Waals surface area contributed by atoms with E-state index < -0.39 is 12.1 Å². The maximum absolute atomic E-state index is 13.0. The van der Waals surface area contributed by atoms with Gasteiger partial charge in [0.1, 0.15) is 12.4 Å². The molecule has 0 saturated heterocycles. The highest BCUT2D eigenvalue weighted by atomic mass is 35.5. The summed E-state index contributed by atoms with van der Waals surface area (Å²) < 4.78 is 37.8. The first-order valence-electron chi connectivity index (χ1n) is 11.5. The lowest BCUT2D eigenvalue weighted by atomic mass is 9.95. The van der Waals surface area contributed by atoms with E-state index in [1.54, 1.807) is 6.20 Å². The highest BCUT2D eigenvalue weighted by molar-refractivity contribution is 6.30. The number of benzene rings is 2. The van der Waals surface area contributed by atoms with Crippen LogP contribution in [0.4, 0.5) is 18.9 Å². The Morgan fingerprint density at radius 2 is 1.92 bits per heavy atom. The van der Waals surface area contributed by atoms with Crippen LogP contribution in [0.5, 0.6) is 5.75 Å². The van der Waals surface area contributed by atoms with Crippen LogP contribution in [0.25, 0.3) is 11.1 Å². The second kappa shape index (κ2) is 12.8. The number of hydrogen-bond acceptors (Lipinski definition) is 6. The molecule has 0 unspecified atom stereocenters. The molecule has 2 heterocycles. The van der Waals surface area contributed by atoms with E-state index in [-0.39, 0.29) is 11.9 Å². The first-order valence-corrected chi connectivity index (χ1v) is 11.8. The number of carboxylic acids is 1. The van der Waals surface area contributed by atoms with Crippen LogP contribution in [-0.4, -0.2) is 71.5 Å². The molecule has 1 amide bonds. The number of alkyl halides is 3. The number of fused-ring (bicyclic) bond motifs is 1. The normalized spacial score (nSPS) is 14.8. The van der Waals surface area contributed by atoms with Gasteiger partial charge in [0.2, 0.25) is 5.91 Å². The molecule has 0 aliphatic carbocycles. The summed E-state index contributed by atoms with van der Waals surface area (Å²) in [5, 5.41) is 21.0. The van der Waals surface area contributed by atoms with E-state index in [4.69, 9.17) is 26.2 Å². The fourth-order valence-electron chi connectivity index (χ4n) is 3.56. The van der Waals surface area contributed by atoms with Crippen LogP contribution in [0.1, 0.15) is 11.1 Å². The number of H-pyrrole nitrogens is 1. The number of anilines is 1. The number of halogens is 4. The van der Waals surface area contributed by atoms with Crippen molar-refractivity contribution < 1.29 is 32.6 Å². The number of hydrogen-bond donors (Lipinski definition) is 4. The molecule has 38 heavy (non-hydrogen) atoms. The Kier molecular flexibility index (Phi) is 9.72. The predicted octanol–water partition coefficient (Wildman–Crippen LogP) is 3.96. The molecule has 1 atom stereocenters. The first-order chi connectivity index (χ1) is 17.9. The Labute approximate surface area is 221 Å². The van der Waals surface area contributed by atoms with Gasteiger partial charge >= 0.3 is 12.1 Å². The number of aliphatic carboxylic acids is 1. The van der Waals surface area contributed by atoms with Crippen LogP contribution in [0.15, 0.2) is 48.8 Å². The van der Waals surface area contributed by atoms with Crippen molar-refractivity contribution in [3.05, 3.63) is 64.9 Å². The smallest absolute Gasteiger partial charge is 0.490 e. The largest absolute Gasteiger partial charge is 0.490 e. The highest BCUT2D eigenvalue weighted by Crippen LogP contribution is 2.31. The number of carbonyl (C=O) groups is 2. The van der Waals surface area contributed by atoms with Gasteiger partial charge < -0.3 is 25.4 Å². The highest BCUT2D eigenvalue weighted by Gasteiger charge is 2.38. The van der Waals surface area contributed by atoms with E-state index in [2.05, 4.69) is 20.8 Å². The molecule has 1 aromatic heterocycles. The number of likely N-dealkylation sites (N-methyl/N-ethyl adjacent to an activating group) is 1. The summed E-state index contributed by atoms with van der Waals surface area (Å²) in [5.41, 5.74) is 4.84. The van der Waals surface area contributed by atoms with Gasteiger partial charge in [-0.2, -0.15) is 18.3 Å². The number of aromatic amines is 1. The SMILES string of the molecule is CN(C)CCOc1cc(-c2cn[nH]c2)ccc1NC(=O)[C@@H]1Cc2cc(Cl)ccc2CN1.O=C(O)C(F)(F)F. The van der Waals surface area contributed by atoms with Crippen LogP contribution >= 0.6 is 11.6 Å². The zero-order valence-corrected chi connectivity index (χ0v) is 21.4. The maximum Gasteiger partial charge on any atom is 0.490 e. The third-order valence-corrected chi connectivity index (χ3v) is 5.79.